The van der Waals surface area contributed by atoms with Crippen LogP contribution in [-0.4, -0.2) is 21.7 Å². The molecule has 1 aromatic carbocycles. The smallest absolute Gasteiger partial charge is 0.223 e. The summed E-state index contributed by atoms with van der Waals surface area (Å²) in [6, 6.07) is 8.89. The van der Waals surface area contributed by atoms with Gasteiger partial charge in [0, 0.05) is 12.5 Å². The Morgan fingerprint density at radius 3 is 2.85 bits per heavy atom. The lowest BCUT2D eigenvalue weighted by molar-refractivity contribution is -0.114. The summed E-state index contributed by atoms with van der Waals surface area (Å²) in [5, 5.41) is 4.45. The molecule has 3 rings (SSSR count). The van der Waals surface area contributed by atoms with Gasteiger partial charge in [-0.15, -0.1) is 11.3 Å². The fourth-order valence-corrected chi connectivity index (χ4v) is 2.61. The Morgan fingerprint density at radius 1 is 1.30 bits per heavy atom. The SMILES string of the molecule is CC(=O)Nc1nc2ccc(C(=O)c3cccs3)cc2[nH]1. The van der Waals surface area contributed by atoms with Crippen LogP contribution in [0.4, 0.5) is 5.95 Å². The van der Waals surface area contributed by atoms with Gasteiger partial charge in [-0.1, -0.05) is 6.07 Å². The van der Waals surface area contributed by atoms with Crippen molar-refractivity contribution in [2.75, 3.05) is 5.32 Å². The van der Waals surface area contributed by atoms with Crippen LogP contribution in [0.25, 0.3) is 11.0 Å². The highest BCUT2D eigenvalue weighted by Gasteiger charge is 2.12. The van der Waals surface area contributed by atoms with Gasteiger partial charge in [-0.2, -0.15) is 0 Å². The van der Waals surface area contributed by atoms with Crippen LogP contribution >= 0.6 is 11.3 Å². The first kappa shape index (κ1) is 12.6. The van der Waals surface area contributed by atoms with Crippen LogP contribution in [-0.2, 0) is 4.79 Å². The number of nitrogens with zero attached hydrogens (tertiary/aromatic N) is 1. The number of aromatic nitrogens is 2. The molecule has 0 aliphatic heterocycles. The van der Waals surface area contributed by atoms with Crippen LogP contribution in [0.1, 0.15) is 22.2 Å². The summed E-state index contributed by atoms with van der Waals surface area (Å²) in [5.74, 6) is 0.171. The van der Waals surface area contributed by atoms with Crippen molar-refractivity contribution < 1.29 is 9.59 Å². The topological polar surface area (TPSA) is 74.8 Å². The number of nitrogens with one attached hydrogen (secondary N) is 2. The van der Waals surface area contributed by atoms with Crippen LogP contribution in [0.15, 0.2) is 35.7 Å². The number of anilines is 1. The Balaban J connectivity index is 1.98. The number of hydrogen-bond donors (Lipinski definition) is 2. The van der Waals surface area contributed by atoms with Crippen LogP contribution in [0.2, 0.25) is 0 Å². The van der Waals surface area contributed by atoms with Crippen LogP contribution in [0.5, 0.6) is 0 Å². The average molecular weight is 285 g/mol. The maximum Gasteiger partial charge on any atom is 0.223 e. The van der Waals surface area contributed by atoms with E-state index in [1.807, 2.05) is 11.4 Å². The van der Waals surface area contributed by atoms with Gasteiger partial charge >= 0.3 is 0 Å². The van der Waals surface area contributed by atoms with Crippen molar-refractivity contribution in [1.29, 1.82) is 0 Å². The molecule has 2 aromatic heterocycles. The van der Waals surface area contributed by atoms with Crippen molar-refractivity contribution in [3.8, 4) is 0 Å². The lowest BCUT2D eigenvalue weighted by Crippen LogP contribution is -2.06. The van der Waals surface area contributed by atoms with Gasteiger partial charge in [-0.25, -0.2) is 4.98 Å². The molecular weight excluding hydrogens is 274 g/mol. The molecular formula is C14H11N3O2S. The minimum Gasteiger partial charge on any atom is -0.324 e. The largest absolute Gasteiger partial charge is 0.324 e. The Labute approximate surface area is 118 Å². The monoisotopic (exact) mass is 285 g/mol. The van der Waals surface area contributed by atoms with Gasteiger partial charge in [0.1, 0.15) is 0 Å². The summed E-state index contributed by atoms with van der Waals surface area (Å²) >= 11 is 1.41. The fraction of sp³-hybridized carbons (Fsp3) is 0.0714. The zero-order valence-corrected chi connectivity index (χ0v) is 11.5. The number of ketones is 1. The summed E-state index contributed by atoms with van der Waals surface area (Å²) in [5.41, 5.74) is 2.02. The summed E-state index contributed by atoms with van der Waals surface area (Å²) in [6.07, 6.45) is 0. The molecule has 0 unspecified atom stereocenters. The highest BCUT2D eigenvalue weighted by molar-refractivity contribution is 7.12. The van der Waals surface area contributed by atoms with E-state index in [1.165, 1.54) is 18.3 Å². The predicted molar refractivity (Wildman–Crippen MR) is 78.1 cm³/mol. The second-order valence-corrected chi connectivity index (χ2v) is 5.25. The molecule has 20 heavy (non-hydrogen) atoms. The van der Waals surface area contributed by atoms with E-state index in [2.05, 4.69) is 15.3 Å². The molecule has 0 atom stereocenters. The lowest BCUT2D eigenvalue weighted by Gasteiger charge is -1.97. The number of benzene rings is 1. The molecule has 3 aromatic rings. The first-order valence-electron chi connectivity index (χ1n) is 5.99. The Hall–Kier alpha value is -2.47. The number of carbonyl (C=O) groups excluding carboxylic acids is 2. The van der Waals surface area contributed by atoms with Gasteiger partial charge < -0.3 is 4.98 Å². The number of fused-ring (bicyclic) bond motifs is 1. The Morgan fingerprint density at radius 2 is 2.15 bits per heavy atom. The molecule has 0 aliphatic rings. The number of rotatable bonds is 3. The molecule has 0 spiro atoms. The second-order valence-electron chi connectivity index (χ2n) is 4.30. The average Bonchev–Trinajstić information content (AvgIpc) is 3.04. The van der Waals surface area contributed by atoms with Gasteiger partial charge in [0.05, 0.1) is 15.9 Å². The second kappa shape index (κ2) is 4.90. The molecule has 5 nitrogen and oxygen atoms in total. The number of imidazole rings is 1. The van der Waals surface area contributed by atoms with Gasteiger partial charge in [-0.3, -0.25) is 14.9 Å². The third kappa shape index (κ3) is 2.33. The van der Waals surface area contributed by atoms with Crippen LogP contribution in [0, 0.1) is 0 Å². The van der Waals surface area contributed by atoms with Crippen molar-refractivity contribution in [2.24, 2.45) is 0 Å². The number of amides is 1. The molecule has 0 aliphatic carbocycles. The van der Waals surface area contributed by atoms with Crippen molar-refractivity contribution in [3.05, 3.63) is 46.2 Å². The number of carbonyl (C=O) groups is 2. The molecule has 0 saturated carbocycles. The molecule has 1 amide bonds. The highest BCUT2D eigenvalue weighted by atomic mass is 32.1. The Bertz CT molecular complexity index is 790. The van der Waals surface area contributed by atoms with Gasteiger partial charge in [0.2, 0.25) is 17.6 Å². The molecule has 0 bridgehead atoms. The van der Waals surface area contributed by atoms with Gasteiger partial charge in [0.25, 0.3) is 0 Å². The minimum absolute atomic E-state index is 0.0161. The van der Waals surface area contributed by atoms with Crippen molar-refractivity contribution in [1.82, 2.24) is 9.97 Å². The molecule has 2 N–H and O–H groups in total. The normalized spacial score (nSPS) is 10.7. The van der Waals surface area contributed by atoms with Crippen molar-refractivity contribution in [2.45, 2.75) is 6.92 Å². The minimum atomic E-state index is -0.195. The lowest BCUT2D eigenvalue weighted by atomic mass is 10.1. The van der Waals surface area contributed by atoms with E-state index in [1.54, 1.807) is 24.3 Å². The van der Waals surface area contributed by atoms with E-state index in [0.29, 0.717) is 21.9 Å². The molecule has 0 fully saturated rings. The fourth-order valence-electron chi connectivity index (χ4n) is 1.93. The standard InChI is InChI=1S/C14H11N3O2S/c1-8(18)15-14-16-10-5-4-9(7-11(10)17-14)13(19)12-3-2-6-20-12/h2-7H,1H3,(H2,15,16,17,18). The third-order valence-electron chi connectivity index (χ3n) is 2.78. The molecule has 0 radical (unpaired) electrons. The number of aromatic amines is 1. The third-order valence-corrected chi connectivity index (χ3v) is 3.65. The van der Waals surface area contributed by atoms with Crippen molar-refractivity contribution >= 4 is 40.0 Å². The van der Waals surface area contributed by atoms with Gasteiger partial charge in [-0.05, 0) is 29.6 Å². The summed E-state index contributed by atoms with van der Waals surface area (Å²) in [7, 11) is 0. The van der Waals surface area contributed by atoms with E-state index >= 15 is 0 Å². The zero-order valence-electron chi connectivity index (χ0n) is 10.6. The predicted octanol–water partition coefficient (Wildman–Crippen LogP) is 2.81. The zero-order chi connectivity index (χ0) is 14.1. The van der Waals surface area contributed by atoms with E-state index in [4.69, 9.17) is 0 Å². The Kier molecular flexibility index (Phi) is 3.08. The number of hydrogen-bond acceptors (Lipinski definition) is 4. The highest BCUT2D eigenvalue weighted by Crippen LogP contribution is 2.20. The van der Waals surface area contributed by atoms with Crippen LogP contribution < -0.4 is 5.32 Å². The first-order chi connectivity index (χ1) is 9.63. The van der Waals surface area contributed by atoms with Crippen molar-refractivity contribution in [3.63, 3.8) is 0 Å². The van der Waals surface area contributed by atoms with Crippen LogP contribution in [0.3, 0.4) is 0 Å². The van der Waals surface area contributed by atoms with Gasteiger partial charge in [0.15, 0.2) is 0 Å². The van der Waals surface area contributed by atoms with E-state index in [0.717, 1.165) is 5.52 Å². The number of thiophene rings is 1. The first-order valence-corrected chi connectivity index (χ1v) is 6.87. The molecule has 2 heterocycles. The number of H-pyrrole nitrogens is 1. The summed E-state index contributed by atoms with van der Waals surface area (Å²) in [4.78, 5) is 31.1. The molecule has 100 valence electrons. The summed E-state index contributed by atoms with van der Waals surface area (Å²) in [6.45, 7) is 1.42. The van der Waals surface area contributed by atoms with E-state index < -0.39 is 0 Å². The summed E-state index contributed by atoms with van der Waals surface area (Å²) < 4.78 is 0. The maximum atomic E-state index is 12.2. The maximum absolute atomic E-state index is 12.2. The van der Waals surface area contributed by atoms with E-state index in [9.17, 15) is 9.59 Å². The quantitative estimate of drug-likeness (QED) is 0.727. The molecule has 0 saturated heterocycles. The molecule has 6 heteroatoms. The van der Waals surface area contributed by atoms with E-state index in [-0.39, 0.29) is 11.7 Å².